The summed E-state index contributed by atoms with van der Waals surface area (Å²) in [5, 5.41) is 0.510. The molecule has 0 atom stereocenters. The second-order valence-corrected chi connectivity index (χ2v) is 9.19. The molecule has 1 aromatic carbocycles. The number of sulfonamides is 1. The lowest BCUT2D eigenvalue weighted by molar-refractivity contribution is -0.134. The Bertz CT molecular complexity index is 725. The summed E-state index contributed by atoms with van der Waals surface area (Å²) in [6, 6.07) is 6.22. The quantitative estimate of drug-likeness (QED) is 0.733. The number of halogens is 1. The van der Waals surface area contributed by atoms with Crippen LogP contribution in [0.4, 0.5) is 0 Å². The van der Waals surface area contributed by atoms with Crippen molar-refractivity contribution in [1.82, 2.24) is 19.0 Å². The summed E-state index contributed by atoms with van der Waals surface area (Å²) >= 11 is 5.83. The Kier molecular flexibility index (Phi) is 6.19. The SMILES string of the molecule is CN1CCN(C(=O)CN2CCN(S(=O)(=O)c3ccc(Cl)cc3)CC2)CC1. The monoisotopic (exact) mass is 400 g/mol. The Morgan fingerprint density at radius 3 is 2.12 bits per heavy atom. The first-order valence-electron chi connectivity index (χ1n) is 8.80. The van der Waals surface area contributed by atoms with E-state index < -0.39 is 10.0 Å². The molecule has 0 spiro atoms. The lowest BCUT2D eigenvalue weighted by atomic mass is 10.3. The van der Waals surface area contributed by atoms with Gasteiger partial charge in [0.25, 0.3) is 0 Å². The van der Waals surface area contributed by atoms with Crippen LogP contribution >= 0.6 is 11.6 Å². The van der Waals surface area contributed by atoms with Gasteiger partial charge >= 0.3 is 0 Å². The predicted octanol–water partition coefficient (Wildman–Crippen LogP) is 0.420. The van der Waals surface area contributed by atoms with Crippen LogP contribution < -0.4 is 0 Å². The van der Waals surface area contributed by atoms with E-state index in [0.29, 0.717) is 37.7 Å². The molecular weight excluding hydrogens is 376 g/mol. The molecule has 0 bridgehead atoms. The summed E-state index contributed by atoms with van der Waals surface area (Å²) in [7, 11) is -1.45. The van der Waals surface area contributed by atoms with Crippen LogP contribution in [-0.4, -0.2) is 99.3 Å². The molecule has 2 heterocycles. The molecular formula is C17H25ClN4O3S. The van der Waals surface area contributed by atoms with Crippen LogP contribution in [0.2, 0.25) is 5.02 Å². The summed E-state index contributed by atoms with van der Waals surface area (Å²) in [4.78, 5) is 18.8. The second-order valence-electron chi connectivity index (χ2n) is 6.82. The number of amides is 1. The maximum absolute atomic E-state index is 12.7. The Hall–Kier alpha value is -1.19. The van der Waals surface area contributed by atoms with Crippen molar-refractivity contribution in [2.24, 2.45) is 0 Å². The number of carbonyl (C=O) groups excluding carboxylic acids is 1. The molecule has 7 nitrogen and oxygen atoms in total. The predicted molar refractivity (Wildman–Crippen MR) is 101 cm³/mol. The van der Waals surface area contributed by atoms with Crippen molar-refractivity contribution in [1.29, 1.82) is 0 Å². The average molecular weight is 401 g/mol. The number of benzene rings is 1. The normalized spacial score (nSPS) is 21.1. The lowest BCUT2D eigenvalue weighted by Gasteiger charge is -2.36. The number of rotatable bonds is 4. The molecule has 0 aliphatic carbocycles. The van der Waals surface area contributed by atoms with Crippen LogP contribution in [0, 0.1) is 0 Å². The zero-order valence-electron chi connectivity index (χ0n) is 15.0. The van der Waals surface area contributed by atoms with Gasteiger partial charge in [0.1, 0.15) is 0 Å². The van der Waals surface area contributed by atoms with E-state index in [2.05, 4.69) is 11.9 Å². The Morgan fingerprint density at radius 1 is 0.962 bits per heavy atom. The van der Waals surface area contributed by atoms with Crippen molar-refractivity contribution in [3.8, 4) is 0 Å². The fraction of sp³-hybridized carbons (Fsp3) is 0.588. The zero-order chi connectivity index (χ0) is 18.7. The maximum atomic E-state index is 12.7. The molecule has 2 fully saturated rings. The van der Waals surface area contributed by atoms with Crippen LogP contribution in [0.25, 0.3) is 0 Å². The molecule has 1 aromatic rings. The standard InChI is InChI=1S/C17H25ClN4O3S/c1-19-6-10-21(11-7-19)17(23)14-20-8-12-22(13-9-20)26(24,25)16-4-2-15(18)3-5-16/h2-5H,6-14H2,1H3. The van der Waals surface area contributed by atoms with Gasteiger partial charge in [0.05, 0.1) is 11.4 Å². The van der Waals surface area contributed by atoms with Gasteiger partial charge < -0.3 is 9.80 Å². The number of likely N-dealkylation sites (N-methyl/N-ethyl adjacent to an activating group) is 1. The van der Waals surface area contributed by atoms with Crippen LogP contribution in [-0.2, 0) is 14.8 Å². The van der Waals surface area contributed by atoms with Gasteiger partial charge in [0.2, 0.25) is 15.9 Å². The maximum Gasteiger partial charge on any atom is 0.243 e. The minimum atomic E-state index is -3.51. The highest BCUT2D eigenvalue weighted by Gasteiger charge is 2.30. The Morgan fingerprint density at radius 2 is 1.54 bits per heavy atom. The van der Waals surface area contributed by atoms with Crippen molar-refractivity contribution in [3.05, 3.63) is 29.3 Å². The van der Waals surface area contributed by atoms with Crippen molar-refractivity contribution in [2.45, 2.75) is 4.90 Å². The van der Waals surface area contributed by atoms with E-state index in [1.807, 2.05) is 9.80 Å². The molecule has 26 heavy (non-hydrogen) atoms. The summed E-state index contributed by atoms with van der Waals surface area (Å²) < 4.78 is 26.9. The molecule has 2 aliphatic rings. The van der Waals surface area contributed by atoms with E-state index >= 15 is 0 Å². The van der Waals surface area contributed by atoms with Gasteiger partial charge in [-0.05, 0) is 31.3 Å². The van der Waals surface area contributed by atoms with Crippen molar-refractivity contribution < 1.29 is 13.2 Å². The van der Waals surface area contributed by atoms with E-state index in [1.54, 1.807) is 12.1 Å². The third kappa shape index (κ3) is 4.55. The molecule has 2 aliphatic heterocycles. The molecule has 9 heteroatoms. The molecule has 3 rings (SSSR count). The van der Waals surface area contributed by atoms with Crippen LogP contribution in [0.3, 0.4) is 0 Å². The van der Waals surface area contributed by atoms with Gasteiger partial charge in [0.15, 0.2) is 0 Å². The highest BCUT2D eigenvalue weighted by atomic mass is 35.5. The third-order valence-corrected chi connectivity index (χ3v) is 7.16. The first-order chi connectivity index (χ1) is 12.4. The molecule has 2 saturated heterocycles. The van der Waals surface area contributed by atoms with E-state index in [1.165, 1.54) is 16.4 Å². The van der Waals surface area contributed by atoms with Gasteiger partial charge in [-0.3, -0.25) is 9.69 Å². The van der Waals surface area contributed by atoms with E-state index in [0.717, 1.165) is 26.2 Å². The zero-order valence-corrected chi connectivity index (χ0v) is 16.5. The van der Waals surface area contributed by atoms with Gasteiger partial charge in [-0.1, -0.05) is 11.6 Å². The highest BCUT2D eigenvalue weighted by molar-refractivity contribution is 7.89. The van der Waals surface area contributed by atoms with Crippen LogP contribution in [0.1, 0.15) is 0 Å². The molecule has 0 N–H and O–H groups in total. The number of hydrogen-bond acceptors (Lipinski definition) is 5. The smallest absolute Gasteiger partial charge is 0.243 e. The fourth-order valence-corrected chi connectivity index (χ4v) is 4.78. The van der Waals surface area contributed by atoms with E-state index in [9.17, 15) is 13.2 Å². The number of hydrogen-bond donors (Lipinski definition) is 0. The lowest BCUT2D eigenvalue weighted by Crippen LogP contribution is -2.53. The number of carbonyl (C=O) groups is 1. The van der Waals surface area contributed by atoms with E-state index in [4.69, 9.17) is 11.6 Å². The molecule has 0 aromatic heterocycles. The Labute approximate surface area is 160 Å². The summed E-state index contributed by atoms with van der Waals surface area (Å²) in [5.74, 6) is 0.132. The molecule has 0 radical (unpaired) electrons. The highest BCUT2D eigenvalue weighted by Crippen LogP contribution is 2.19. The van der Waals surface area contributed by atoms with Crippen LogP contribution in [0.5, 0.6) is 0 Å². The topological polar surface area (TPSA) is 64.2 Å². The van der Waals surface area contributed by atoms with Gasteiger partial charge in [-0.25, -0.2) is 8.42 Å². The average Bonchev–Trinajstić information content (AvgIpc) is 2.63. The minimum absolute atomic E-state index is 0.132. The number of piperazine rings is 2. The second kappa shape index (κ2) is 8.22. The summed E-state index contributed by atoms with van der Waals surface area (Å²) in [5.41, 5.74) is 0. The van der Waals surface area contributed by atoms with Gasteiger partial charge in [0, 0.05) is 57.4 Å². The Balaban J connectivity index is 1.52. The third-order valence-electron chi connectivity index (χ3n) is 5.00. The molecule has 0 saturated carbocycles. The van der Waals surface area contributed by atoms with Crippen molar-refractivity contribution >= 4 is 27.5 Å². The summed E-state index contributed by atoms with van der Waals surface area (Å²) in [6.07, 6.45) is 0. The summed E-state index contributed by atoms with van der Waals surface area (Å²) in [6.45, 7) is 5.59. The fourth-order valence-electron chi connectivity index (χ4n) is 3.23. The van der Waals surface area contributed by atoms with E-state index in [-0.39, 0.29) is 10.8 Å². The molecule has 0 unspecified atom stereocenters. The largest absolute Gasteiger partial charge is 0.339 e. The van der Waals surface area contributed by atoms with Crippen molar-refractivity contribution in [3.63, 3.8) is 0 Å². The first kappa shape index (κ1) is 19.6. The molecule has 1 amide bonds. The first-order valence-corrected chi connectivity index (χ1v) is 10.6. The minimum Gasteiger partial charge on any atom is -0.339 e. The molecule has 144 valence electrons. The van der Waals surface area contributed by atoms with Gasteiger partial charge in [-0.2, -0.15) is 4.31 Å². The van der Waals surface area contributed by atoms with Crippen molar-refractivity contribution in [2.75, 3.05) is 66.0 Å². The van der Waals surface area contributed by atoms with Crippen LogP contribution in [0.15, 0.2) is 29.2 Å². The van der Waals surface area contributed by atoms with Gasteiger partial charge in [-0.15, -0.1) is 0 Å². The number of nitrogens with zero attached hydrogens (tertiary/aromatic N) is 4.